The lowest BCUT2D eigenvalue weighted by atomic mass is 10.2. The second-order valence-electron chi connectivity index (χ2n) is 4.29. The topological polar surface area (TPSA) is 66.9 Å². The van der Waals surface area contributed by atoms with Crippen molar-refractivity contribution in [3.8, 4) is 6.07 Å². The van der Waals surface area contributed by atoms with Crippen LogP contribution >= 0.6 is 23.4 Å². The Bertz CT molecular complexity index is 931. The number of rotatable bonds is 2. The molecule has 2 heterocycles. The van der Waals surface area contributed by atoms with Crippen molar-refractivity contribution in [1.29, 1.82) is 5.26 Å². The second kappa shape index (κ2) is 5.72. The lowest BCUT2D eigenvalue weighted by molar-refractivity contribution is -0.146. The molecule has 116 valence electrons. The average molecular weight is 356 g/mol. The van der Waals surface area contributed by atoms with Crippen molar-refractivity contribution in [2.24, 2.45) is 0 Å². The fourth-order valence-electron chi connectivity index (χ4n) is 1.79. The third-order valence-electron chi connectivity index (χ3n) is 2.79. The van der Waals surface area contributed by atoms with Gasteiger partial charge in [-0.05, 0) is 24.3 Å². The molecule has 0 atom stereocenters. The Morgan fingerprint density at radius 2 is 1.96 bits per heavy atom. The van der Waals surface area contributed by atoms with Crippen molar-refractivity contribution in [2.45, 2.75) is 16.1 Å². The number of nitrogens with zero attached hydrogens (tertiary/aromatic N) is 5. The Morgan fingerprint density at radius 3 is 2.65 bits per heavy atom. The zero-order chi connectivity index (χ0) is 16.6. The van der Waals surface area contributed by atoms with Crippen LogP contribution in [0.15, 0.2) is 40.3 Å². The lowest BCUT2D eigenvalue weighted by Crippen LogP contribution is -2.12. The van der Waals surface area contributed by atoms with E-state index in [0.717, 1.165) is 11.8 Å². The minimum atomic E-state index is -4.66. The van der Waals surface area contributed by atoms with Crippen LogP contribution in [0, 0.1) is 11.3 Å². The fraction of sp³-hybridized carbons (Fsp3) is 0.0769. The van der Waals surface area contributed by atoms with Crippen molar-refractivity contribution in [1.82, 2.24) is 19.8 Å². The predicted octanol–water partition coefficient (Wildman–Crippen LogP) is 3.82. The van der Waals surface area contributed by atoms with Gasteiger partial charge in [0.1, 0.15) is 11.1 Å². The smallest absolute Gasteiger partial charge is 0.192 e. The van der Waals surface area contributed by atoms with Gasteiger partial charge in [0, 0.05) is 4.90 Å². The first-order valence-corrected chi connectivity index (χ1v) is 7.25. The molecule has 0 radical (unpaired) electrons. The molecule has 0 aliphatic carbocycles. The van der Waals surface area contributed by atoms with E-state index < -0.39 is 12.0 Å². The van der Waals surface area contributed by atoms with Crippen LogP contribution in [0.5, 0.6) is 0 Å². The summed E-state index contributed by atoms with van der Waals surface area (Å²) in [6.45, 7) is 0. The maximum absolute atomic E-state index is 12.8. The molecular formula is C13H5ClF3N5S. The van der Waals surface area contributed by atoms with Crippen molar-refractivity contribution in [3.63, 3.8) is 0 Å². The Hall–Kier alpha value is -2.31. The van der Waals surface area contributed by atoms with Gasteiger partial charge >= 0.3 is 6.18 Å². The normalized spacial score (nSPS) is 11.6. The fourth-order valence-corrected chi connectivity index (χ4v) is 2.91. The summed E-state index contributed by atoms with van der Waals surface area (Å²) in [4.78, 5) is 0.513. The molecule has 2 aromatic heterocycles. The molecule has 0 bridgehead atoms. The summed E-state index contributed by atoms with van der Waals surface area (Å²) in [5.41, 5.74) is 0.261. The molecule has 1 aromatic carbocycles. The molecule has 0 amide bonds. The lowest BCUT2D eigenvalue weighted by Gasteiger charge is -2.06. The van der Waals surface area contributed by atoms with Crippen molar-refractivity contribution >= 4 is 29.0 Å². The van der Waals surface area contributed by atoms with E-state index in [1.165, 1.54) is 12.1 Å². The highest BCUT2D eigenvalue weighted by atomic mass is 35.5. The number of aromatic nitrogens is 4. The summed E-state index contributed by atoms with van der Waals surface area (Å²) in [6, 6.07) is 9.64. The summed E-state index contributed by atoms with van der Waals surface area (Å²) in [6.07, 6.45) is -4.66. The summed E-state index contributed by atoms with van der Waals surface area (Å²) in [7, 11) is 0. The predicted molar refractivity (Wildman–Crippen MR) is 76.1 cm³/mol. The molecule has 0 spiro atoms. The summed E-state index contributed by atoms with van der Waals surface area (Å²) in [5, 5.41) is 19.9. The molecule has 0 aliphatic rings. The van der Waals surface area contributed by atoms with E-state index in [1.807, 2.05) is 6.07 Å². The number of halogens is 4. The first-order chi connectivity index (χ1) is 10.9. The van der Waals surface area contributed by atoms with E-state index in [-0.39, 0.29) is 21.3 Å². The van der Waals surface area contributed by atoms with Gasteiger partial charge < -0.3 is 0 Å². The van der Waals surface area contributed by atoms with Gasteiger partial charge in [-0.2, -0.15) is 28.0 Å². The first-order valence-electron chi connectivity index (χ1n) is 6.06. The SMILES string of the molecule is N#Cc1cccc(Sc2ccc3nnc(C(F)(F)F)n3n2)c1Cl. The molecule has 0 unspecified atom stereocenters. The standard InChI is InChI=1S/C13H5ClF3N5S/c14-11-7(6-18)2-1-3-8(11)23-10-5-4-9-19-20-12(13(15,16)17)22(9)21-10/h1-5H. The molecule has 0 saturated carbocycles. The molecular weight excluding hydrogens is 351 g/mol. The van der Waals surface area contributed by atoms with Gasteiger partial charge in [0.2, 0.25) is 0 Å². The van der Waals surface area contributed by atoms with Gasteiger partial charge in [0.05, 0.1) is 10.6 Å². The van der Waals surface area contributed by atoms with E-state index >= 15 is 0 Å². The molecule has 5 nitrogen and oxygen atoms in total. The van der Waals surface area contributed by atoms with Crippen molar-refractivity contribution in [3.05, 3.63) is 46.7 Å². The first kappa shape index (κ1) is 15.6. The number of hydrogen-bond acceptors (Lipinski definition) is 5. The maximum atomic E-state index is 12.8. The highest BCUT2D eigenvalue weighted by Gasteiger charge is 2.37. The number of benzene rings is 1. The Morgan fingerprint density at radius 1 is 1.17 bits per heavy atom. The van der Waals surface area contributed by atoms with E-state index in [1.54, 1.807) is 18.2 Å². The molecule has 10 heteroatoms. The number of nitriles is 1. The monoisotopic (exact) mass is 355 g/mol. The molecule has 0 saturated heterocycles. The Labute approximate surface area is 136 Å². The molecule has 0 fully saturated rings. The Balaban J connectivity index is 2.03. The van der Waals surface area contributed by atoms with Gasteiger partial charge in [-0.1, -0.05) is 29.4 Å². The average Bonchev–Trinajstić information content (AvgIpc) is 2.92. The van der Waals surface area contributed by atoms with Crippen molar-refractivity contribution < 1.29 is 13.2 Å². The molecule has 23 heavy (non-hydrogen) atoms. The largest absolute Gasteiger partial charge is 0.453 e. The van der Waals surface area contributed by atoms with Crippen LogP contribution in [-0.4, -0.2) is 19.8 Å². The molecule has 3 rings (SSSR count). The van der Waals surface area contributed by atoms with Crippen LogP contribution in [0.25, 0.3) is 5.65 Å². The number of fused-ring (bicyclic) bond motifs is 1. The molecule has 0 aliphatic heterocycles. The second-order valence-corrected chi connectivity index (χ2v) is 5.73. The van der Waals surface area contributed by atoms with E-state index in [4.69, 9.17) is 16.9 Å². The van der Waals surface area contributed by atoms with Gasteiger partial charge in [0.15, 0.2) is 5.65 Å². The third-order valence-corrected chi connectivity index (χ3v) is 4.30. The van der Waals surface area contributed by atoms with Gasteiger partial charge in [-0.15, -0.1) is 10.2 Å². The summed E-state index contributed by atoms with van der Waals surface area (Å²) >= 11 is 7.12. The van der Waals surface area contributed by atoms with Crippen LogP contribution < -0.4 is 0 Å². The highest BCUT2D eigenvalue weighted by Crippen LogP contribution is 2.34. The molecule has 0 N–H and O–H groups in total. The van der Waals surface area contributed by atoms with Crippen LogP contribution in [0.4, 0.5) is 13.2 Å². The Kier molecular flexibility index (Phi) is 3.87. The van der Waals surface area contributed by atoms with E-state index in [2.05, 4.69) is 15.3 Å². The minimum absolute atomic E-state index is 0.0152. The summed E-state index contributed by atoms with van der Waals surface area (Å²) in [5.74, 6) is -1.20. The molecule has 3 aromatic rings. The quantitative estimate of drug-likeness (QED) is 0.699. The zero-order valence-corrected chi connectivity index (χ0v) is 12.6. The van der Waals surface area contributed by atoms with E-state index in [9.17, 15) is 13.2 Å². The van der Waals surface area contributed by atoms with E-state index in [0.29, 0.717) is 9.41 Å². The van der Waals surface area contributed by atoms with Crippen LogP contribution in [0.3, 0.4) is 0 Å². The number of hydrogen-bond donors (Lipinski definition) is 0. The maximum Gasteiger partial charge on any atom is 0.453 e. The summed E-state index contributed by atoms with van der Waals surface area (Å²) < 4.78 is 39.2. The van der Waals surface area contributed by atoms with Crippen LogP contribution in [0.1, 0.15) is 11.4 Å². The van der Waals surface area contributed by atoms with Crippen molar-refractivity contribution in [2.75, 3.05) is 0 Å². The minimum Gasteiger partial charge on any atom is -0.192 e. The van der Waals surface area contributed by atoms with Crippen LogP contribution in [-0.2, 0) is 6.18 Å². The van der Waals surface area contributed by atoms with Crippen LogP contribution in [0.2, 0.25) is 5.02 Å². The number of alkyl halides is 3. The third kappa shape index (κ3) is 2.95. The zero-order valence-electron chi connectivity index (χ0n) is 11.0. The van der Waals surface area contributed by atoms with Gasteiger partial charge in [0.25, 0.3) is 5.82 Å². The highest BCUT2D eigenvalue weighted by molar-refractivity contribution is 7.99. The van der Waals surface area contributed by atoms with Gasteiger partial charge in [-0.25, -0.2) is 0 Å². The van der Waals surface area contributed by atoms with Gasteiger partial charge in [-0.3, -0.25) is 0 Å².